The van der Waals surface area contributed by atoms with Crippen LogP contribution in [0.3, 0.4) is 0 Å². The van der Waals surface area contributed by atoms with Crippen molar-refractivity contribution in [1.29, 1.82) is 0 Å². The molecule has 0 bridgehead atoms. The Hall–Kier alpha value is -2.04. The Kier molecular flexibility index (Phi) is 6.09. The third-order valence-electron chi connectivity index (χ3n) is 4.69. The lowest BCUT2D eigenvalue weighted by molar-refractivity contribution is -0.148. The van der Waals surface area contributed by atoms with E-state index in [1.807, 2.05) is 20.8 Å². The van der Waals surface area contributed by atoms with Crippen LogP contribution < -0.4 is 0 Å². The van der Waals surface area contributed by atoms with E-state index in [9.17, 15) is 9.59 Å². The average Bonchev–Trinajstić information content (AvgIpc) is 3.09. The normalized spacial score (nSPS) is 26.1. The third kappa shape index (κ3) is 4.74. The molecule has 5 nitrogen and oxygen atoms in total. The zero-order chi connectivity index (χ0) is 18.6. The summed E-state index contributed by atoms with van der Waals surface area (Å²) in [5, 5.41) is 0. The van der Waals surface area contributed by atoms with E-state index in [4.69, 9.17) is 9.47 Å². The molecule has 138 valence electrons. The van der Waals surface area contributed by atoms with Crippen molar-refractivity contribution in [2.75, 3.05) is 6.61 Å². The maximum absolute atomic E-state index is 12.7. The second-order valence-electron chi connectivity index (χ2n) is 7.69. The summed E-state index contributed by atoms with van der Waals surface area (Å²) < 4.78 is 11.0. The molecule has 0 N–H and O–H groups in total. The molecule has 0 aromatic rings. The van der Waals surface area contributed by atoms with Crippen LogP contribution in [0.15, 0.2) is 37.0 Å². The third-order valence-corrected chi connectivity index (χ3v) is 4.69. The molecule has 0 aromatic heterocycles. The summed E-state index contributed by atoms with van der Waals surface area (Å²) in [6.45, 7) is 12.9. The number of allylic oxidation sites excluding steroid dienone is 2. The second-order valence-corrected chi connectivity index (χ2v) is 7.69. The first-order chi connectivity index (χ1) is 11.8. The van der Waals surface area contributed by atoms with Gasteiger partial charge in [-0.2, -0.15) is 0 Å². The van der Waals surface area contributed by atoms with E-state index in [-0.39, 0.29) is 18.6 Å². The van der Waals surface area contributed by atoms with Gasteiger partial charge in [0.05, 0.1) is 0 Å². The van der Waals surface area contributed by atoms with Gasteiger partial charge in [-0.25, -0.2) is 9.59 Å². The van der Waals surface area contributed by atoms with Crippen molar-refractivity contribution >= 4 is 12.1 Å². The minimum atomic E-state index is -0.592. The highest BCUT2D eigenvalue weighted by atomic mass is 16.6. The van der Waals surface area contributed by atoms with Crippen LogP contribution in [-0.4, -0.2) is 41.3 Å². The molecule has 1 saturated heterocycles. The number of hydrogen-bond donors (Lipinski definition) is 0. The Labute approximate surface area is 150 Å². The van der Waals surface area contributed by atoms with Crippen LogP contribution >= 0.6 is 0 Å². The number of rotatable bonds is 5. The van der Waals surface area contributed by atoms with Gasteiger partial charge in [-0.3, -0.25) is 4.90 Å². The summed E-state index contributed by atoms with van der Waals surface area (Å²) in [6, 6.07) is -0.491. The first kappa shape index (κ1) is 19.3. The largest absolute Gasteiger partial charge is 0.459 e. The van der Waals surface area contributed by atoms with Gasteiger partial charge < -0.3 is 9.47 Å². The molecule has 1 amide bonds. The fourth-order valence-corrected chi connectivity index (χ4v) is 3.65. The van der Waals surface area contributed by atoms with Gasteiger partial charge in [0.1, 0.15) is 18.2 Å². The number of carbonyl (C=O) groups is 2. The zero-order valence-electron chi connectivity index (χ0n) is 15.5. The van der Waals surface area contributed by atoms with Gasteiger partial charge in [0, 0.05) is 6.04 Å². The maximum Gasteiger partial charge on any atom is 0.411 e. The Morgan fingerprint density at radius 3 is 2.56 bits per heavy atom. The van der Waals surface area contributed by atoms with Crippen LogP contribution in [-0.2, 0) is 14.3 Å². The fraction of sp³-hybridized carbons (Fsp3) is 0.600. The average molecular weight is 347 g/mol. The molecule has 5 heteroatoms. The van der Waals surface area contributed by atoms with Crippen LogP contribution in [0.2, 0.25) is 0 Å². The number of likely N-dealkylation sites (tertiary alicyclic amines) is 1. The maximum atomic E-state index is 12.7. The lowest BCUT2D eigenvalue weighted by Gasteiger charge is -2.31. The summed E-state index contributed by atoms with van der Waals surface area (Å²) in [5.41, 5.74) is 0.177. The molecule has 1 aliphatic heterocycles. The molecule has 1 aliphatic carbocycles. The summed E-state index contributed by atoms with van der Waals surface area (Å²) >= 11 is 0. The van der Waals surface area contributed by atoms with Gasteiger partial charge in [0.2, 0.25) is 0 Å². The quantitative estimate of drug-likeness (QED) is 0.557. The summed E-state index contributed by atoms with van der Waals surface area (Å²) in [5.74, 6) is -0.0234. The zero-order valence-corrected chi connectivity index (χ0v) is 15.5. The molecule has 0 radical (unpaired) electrons. The van der Waals surface area contributed by atoms with Gasteiger partial charge in [-0.05, 0) is 51.5 Å². The topological polar surface area (TPSA) is 55.8 Å². The van der Waals surface area contributed by atoms with Crippen LogP contribution in [0.25, 0.3) is 0 Å². The molecule has 0 aromatic carbocycles. The first-order valence-electron chi connectivity index (χ1n) is 8.89. The lowest BCUT2D eigenvalue weighted by Crippen LogP contribution is -2.47. The summed E-state index contributed by atoms with van der Waals surface area (Å²) in [4.78, 5) is 26.9. The highest BCUT2D eigenvalue weighted by Crippen LogP contribution is 2.42. The number of ether oxygens (including phenoxy) is 2. The van der Waals surface area contributed by atoms with E-state index < -0.39 is 17.7 Å². The SMILES string of the molecule is C=C/C=C(\C=C)COC(=O)C1CC2CCCC2N1C(=O)OC(C)(C)C. The molecular formula is C20H29NO4. The molecule has 2 aliphatic rings. The molecule has 1 heterocycles. The van der Waals surface area contributed by atoms with Crippen molar-refractivity contribution < 1.29 is 19.1 Å². The minimum Gasteiger partial charge on any atom is -0.459 e. The van der Waals surface area contributed by atoms with E-state index in [1.165, 1.54) is 0 Å². The summed E-state index contributed by atoms with van der Waals surface area (Å²) in [7, 11) is 0. The monoisotopic (exact) mass is 347 g/mol. The highest BCUT2D eigenvalue weighted by Gasteiger charge is 2.50. The molecule has 2 rings (SSSR count). The minimum absolute atomic E-state index is 0.0787. The van der Waals surface area contributed by atoms with Crippen LogP contribution in [0.4, 0.5) is 4.79 Å². The molecule has 0 spiro atoms. The standard InChI is InChI=1S/C20H29NO4/c1-6-9-14(7-2)13-24-18(22)17-12-15-10-8-11-16(15)21(17)19(23)25-20(3,4)5/h6-7,9,15-17H,1-2,8,10-13H2,3-5H3/b14-9+. The van der Waals surface area contributed by atoms with E-state index in [1.54, 1.807) is 23.1 Å². The van der Waals surface area contributed by atoms with E-state index >= 15 is 0 Å². The highest BCUT2D eigenvalue weighted by molar-refractivity contribution is 5.83. The van der Waals surface area contributed by atoms with Gasteiger partial charge in [-0.15, -0.1) is 0 Å². The Morgan fingerprint density at radius 1 is 1.24 bits per heavy atom. The lowest BCUT2D eigenvalue weighted by atomic mass is 10.0. The molecule has 25 heavy (non-hydrogen) atoms. The first-order valence-corrected chi connectivity index (χ1v) is 8.89. The second kappa shape index (κ2) is 7.89. The molecular weight excluding hydrogens is 318 g/mol. The Balaban J connectivity index is 2.09. The van der Waals surface area contributed by atoms with Crippen LogP contribution in [0.5, 0.6) is 0 Å². The number of nitrogens with zero attached hydrogens (tertiary/aromatic N) is 1. The predicted octanol–water partition coefficient (Wildman–Crippen LogP) is 4.01. The van der Waals surface area contributed by atoms with Crippen molar-refractivity contribution in [3.05, 3.63) is 37.0 Å². The summed E-state index contributed by atoms with van der Waals surface area (Å²) in [6.07, 6.45) is 8.27. The van der Waals surface area contributed by atoms with Crippen LogP contribution in [0.1, 0.15) is 46.5 Å². The number of carbonyl (C=O) groups excluding carboxylic acids is 2. The van der Waals surface area contributed by atoms with Crippen molar-refractivity contribution in [3.63, 3.8) is 0 Å². The molecule has 3 unspecified atom stereocenters. The van der Waals surface area contributed by atoms with Crippen molar-refractivity contribution in [2.24, 2.45) is 5.92 Å². The molecule has 1 saturated carbocycles. The van der Waals surface area contributed by atoms with Gasteiger partial charge in [-0.1, -0.05) is 37.8 Å². The van der Waals surface area contributed by atoms with Gasteiger partial charge >= 0.3 is 12.1 Å². The Morgan fingerprint density at radius 2 is 1.96 bits per heavy atom. The molecule has 2 fully saturated rings. The predicted molar refractivity (Wildman–Crippen MR) is 97.0 cm³/mol. The number of fused-ring (bicyclic) bond motifs is 1. The molecule has 3 atom stereocenters. The number of hydrogen-bond acceptors (Lipinski definition) is 4. The smallest absolute Gasteiger partial charge is 0.411 e. The number of esters is 1. The van der Waals surface area contributed by atoms with E-state index in [0.29, 0.717) is 12.3 Å². The van der Waals surface area contributed by atoms with Crippen molar-refractivity contribution in [1.82, 2.24) is 4.90 Å². The van der Waals surface area contributed by atoms with Crippen LogP contribution in [0, 0.1) is 5.92 Å². The van der Waals surface area contributed by atoms with E-state index in [2.05, 4.69) is 13.2 Å². The number of amides is 1. The van der Waals surface area contributed by atoms with Gasteiger partial charge in [0.25, 0.3) is 0 Å². The van der Waals surface area contributed by atoms with E-state index in [0.717, 1.165) is 24.8 Å². The Bertz CT molecular complexity index is 573. The van der Waals surface area contributed by atoms with Gasteiger partial charge in [0.15, 0.2) is 0 Å². The van der Waals surface area contributed by atoms with Crippen molar-refractivity contribution in [2.45, 2.75) is 64.1 Å². The van der Waals surface area contributed by atoms with Crippen molar-refractivity contribution in [3.8, 4) is 0 Å². The fourth-order valence-electron chi connectivity index (χ4n) is 3.65.